The number of hydrogen-bond donors (Lipinski definition) is 1. The number of fused-ring (bicyclic) bond motifs is 1. The van der Waals surface area contributed by atoms with E-state index in [-0.39, 0.29) is 29.0 Å². The zero-order valence-corrected chi connectivity index (χ0v) is 20.9. The van der Waals surface area contributed by atoms with Gasteiger partial charge in [0.1, 0.15) is 17.3 Å². The Morgan fingerprint density at radius 1 is 0.974 bits per heavy atom. The molecule has 1 N–H and O–H groups in total. The number of hydrogen-bond acceptors (Lipinski definition) is 4. The van der Waals surface area contributed by atoms with Crippen molar-refractivity contribution in [1.29, 1.82) is 0 Å². The third-order valence-electron chi connectivity index (χ3n) is 6.30. The van der Waals surface area contributed by atoms with E-state index in [1.165, 1.54) is 23.6 Å². The number of aliphatic hydroxyl groups excluding tert-OH is 1. The van der Waals surface area contributed by atoms with E-state index >= 15 is 0 Å². The molecule has 0 amide bonds. The van der Waals surface area contributed by atoms with Gasteiger partial charge in [-0.3, -0.25) is 0 Å². The first-order chi connectivity index (χ1) is 18.5. The maximum atomic E-state index is 14.7. The lowest BCUT2D eigenvalue weighted by Crippen LogP contribution is -2.22. The van der Waals surface area contributed by atoms with Gasteiger partial charge in [-0.1, -0.05) is 29.8 Å². The smallest absolute Gasteiger partial charge is 0.391 e. The van der Waals surface area contributed by atoms with E-state index in [9.17, 15) is 31.9 Å². The van der Waals surface area contributed by atoms with Crippen LogP contribution in [-0.4, -0.2) is 24.3 Å². The highest BCUT2D eigenvalue weighted by atomic mass is 35.5. The molecule has 6 nitrogen and oxygen atoms in total. The van der Waals surface area contributed by atoms with Gasteiger partial charge in [0.2, 0.25) is 0 Å². The number of pyridine rings is 2. The number of aliphatic hydroxyl groups is 1. The number of rotatable bonds is 5. The molecule has 0 unspecified atom stereocenters. The molecular weight excluding hydrogens is 543 g/mol. The van der Waals surface area contributed by atoms with Gasteiger partial charge in [-0.25, -0.2) is 27.6 Å². The second kappa shape index (κ2) is 9.90. The predicted molar refractivity (Wildman–Crippen MR) is 134 cm³/mol. The molecule has 0 bridgehead atoms. The Labute approximate surface area is 222 Å². The normalized spacial score (nSPS) is 11.9. The average Bonchev–Trinajstić information content (AvgIpc) is 3.19. The van der Waals surface area contributed by atoms with E-state index in [1.54, 1.807) is 30.3 Å². The third kappa shape index (κ3) is 4.90. The number of aryl methyl sites for hydroxylation is 1. The quantitative estimate of drug-likeness (QED) is 0.267. The fourth-order valence-electron chi connectivity index (χ4n) is 4.31. The Kier molecular flexibility index (Phi) is 6.73. The minimum Gasteiger partial charge on any atom is -0.391 e. The maximum Gasteiger partial charge on any atom is 0.433 e. The van der Waals surface area contributed by atoms with Crippen molar-refractivity contribution in [3.05, 3.63) is 110 Å². The van der Waals surface area contributed by atoms with Gasteiger partial charge in [0.25, 0.3) is 0 Å². The summed E-state index contributed by atoms with van der Waals surface area (Å²) in [6, 6.07) is 12.4. The zero-order chi connectivity index (χ0) is 28.1. The van der Waals surface area contributed by atoms with Gasteiger partial charge in [-0.2, -0.15) is 13.2 Å². The largest absolute Gasteiger partial charge is 0.433 e. The summed E-state index contributed by atoms with van der Waals surface area (Å²) in [5.41, 5.74) is -0.350. The van der Waals surface area contributed by atoms with E-state index in [0.717, 1.165) is 22.9 Å². The molecule has 12 heteroatoms. The molecule has 0 radical (unpaired) electrons. The summed E-state index contributed by atoms with van der Waals surface area (Å²) in [6.45, 7) is 0.351. The van der Waals surface area contributed by atoms with Crippen molar-refractivity contribution >= 4 is 17.2 Å². The molecule has 0 saturated carbocycles. The molecule has 0 fully saturated rings. The van der Waals surface area contributed by atoms with Gasteiger partial charge in [-0.05, 0) is 65.6 Å². The fourth-order valence-corrected chi connectivity index (χ4v) is 4.44. The van der Waals surface area contributed by atoms with Crippen molar-refractivity contribution in [3.8, 4) is 22.3 Å². The van der Waals surface area contributed by atoms with Crippen molar-refractivity contribution in [2.75, 3.05) is 0 Å². The molecule has 2 aromatic carbocycles. The lowest BCUT2D eigenvalue weighted by molar-refractivity contribution is -0.141. The van der Waals surface area contributed by atoms with Gasteiger partial charge in [0, 0.05) is 28.0 Å². The minimum atomic E-state index is -4.62. The van der Waals surface area contributed by atoms with E-state index in [4.69, 9.17) is 11.6 Å². The zero-order valence-electron chi connectivity index (χ0n) is 20.1. The molecule has 39 heavy (non-hydrogen) atoms. The van der Waals surface area contributed by atoms with Crippen molar-refractivity contribution in [2.24, 2.45) is 0 Å². The highest BCUT2D eigenvalue weighted by Gasteiger charge is 2.32. The summed E-state index contributed by atoms with van der Waals surface area (Å²) >= 11 is 6.02. The molecule has 3 heterocycles. The van der Waals surface area contributed by atoms with Crippen molar-refractivity contribution in [2.45, 2.75) is 26.3 Å². The van der Waals surface area contributed by atoms with Gasteiger partial charge < -0.3 is 5.11 Å². The van der Waals surface area contributed by atoms with Gasteiger partial charge in [-0.15, -0.1) is 5.10 Å². The van der Waals surface area contributed by atoms with E-state index in [0.29, 0.717) is 21.7 Å². The standard InChI is InChI=1S/C27H18ClF5N4O2/c1-14-16(4-7-23(34-14)27(31,32)33)12-37-26(39)36-9-8-19(15-2-5-18(28)6-3-15)24(25(36)35-37)17-10-21(29)20(13-38)22(30)11-17/h2-11,38H,12-13H2,1H3. The molecule has 0 aliphatic heterocycles. The van der Waals surface area contributed by atoms with Crippen molar-refractivity contribution < 1.29 is 27.1 Å². The highest BCUT2D eigenvalue weighted by molar-refractivity contribution is 6.30. The van der Waals surface area contributed by atoms with Crippen LogP contribution in [0.15, 0.2) is 65.6 Å². The van der Waals surface area contributed by atoms with Crippen LogP contribution in [0.2, 0.25) is 5.02 Å². The van der Waals surface area contributed by atoms with Crippen LogP contribution in [0.4, 0.5) is 22.0 Å². The molecule has 0 saturated heterocycles. The van der Waals surface area contributed by atoms with Crippen LogP contribution in [0.1, 0.15) is 22.5 Å². The first-order valence-electron chi connectivity index (χ1n) is 11.5. The summed E-state index contributed by atoms with van der Waals surface area (Å²) in [7, 11) is 0. The number of aromatic nitrogens is 4. The molecule has 5 aromatic rings. The van der Waals surface area contributed by atoms with Gasteiger partial charge in [0.05, 0.1) is 13.2 Å². The molecule has 0 atom stereocenters. The Hall–Kier alpha value is -4.09. The fraction of sp³-hybridized carbons (Fsp3) is 0.148. The number of nitrogens with zero attached hydrogens (tertiary/aromatic N) is 4. The molecule has 5 rings (SSSR count). The van der Waals surface area contributed by atoms with E-state index < -0.39 is 41.4 Å². The topological polar surface area (TPSA) is 72.4 Å². The Bertz CT molecular complexity index is 1760. The summed E-state index contributed by atoms with van der Waals surface area (Å²) in [5.74, 6) is -1.96. The summed E-state index contributed by atoms with van der Waals surface area (Å²) in [6.07, 6.45) is -3.17. The molecule has 0 aliphatic carbocycles. The second-order valence-corrected chi connectivity index (χ2v) is 9.20. The summed E-state index contributed by atoms with van der Waals surface area (Å²) in [5, 5.41) is 14.2. The minimum absolute atomic E-state index is 0.0560. The molecular formula is C27H18ClF5N4O2. The lowest BCUT2D eigenvalue weighted by Gasteiger charge is -2.13. The second-order valence-electron chi connectivity index (χ2n) is 8.76. The average molecular weight is 561 g/mol. The maximum absolute atomic E-state index is 14.7. The Morgan fingerprint density at radius 3 is 2.23 bits per heavy atom. The Balaban J connectivity index is 1.72. The third-order valence-corrected chi connectivity index (χ3v) is 6.55. The van der Waals surface area contributed by atoms with Gasteiger partial charge >= 0.3 is 11.9 Å². The van der Waals surface area contributed by atoms with E-state index in [1.807, 2.05) is 0 Å². The van der Waals surface area contributed by atoms with Crippen molar-refractivity contribution in [3.63, 3.8) is 0 Å². The van der Waals surface area contributed by atoms with Gasteiger partial charge in [0.15, 0.2) is 5.65 Å². The lowest BCUT2D eigenvalue weighted by atomic mass is 9.95. The van der Waals surface area contributed by atoms with Crippen LogP contribution in [-0.2, 0) is 19.3 Å². The SMILES string of the molecule is Cc1nc(C(F)(F)F)ccc1Cn1nc2c(-c3cc(F)c(CO)c(F)c3)c(-c3ccc(Cl)cc3)ccn2c1=O. The van der Waals surface area contributed by atoms with Crippen LogP contribution in [0, 0.1) is 18.6 Å². The summed E-state index contributed by atoms with van der Waals surface area (Å²) < 4.78 is 70.7. The van der Waals surface area contributed by atoms with Crippen LogP contribution < -0.4 is 5.69 Å². The Morgan fingerprint density at radius 2 is 1.64 bits per heavy atom. The molecule has 0 aliphatic rings. The van der Waals surface area contributed by atoms with Crippen LogP contribution in [0.25, 0.3) is 27.9 Å². The number of alkyl halides is 3. The number of benzene rings is 2. The predicted octanol–water partition coefficient (Wildman–Crippen LogP) is 6.02. The number of halogens is 6. The van der Waals surface area contributed by atoms with Crippen LogP contribution in [0.5, 0.6) is 0 Å². The molecule has 0 spiro atoms. The van der Waals surface area contributed by atoms with Crippen molar-refractivity contribution in [1.82, 2.24) is 19.2 Å². The highest BCUT2D eigenvalue weighted by Crippen LogP contribution is 2.36. The molecule has 3 aromatic heterocycles. The monoisotopic (exact) mass is 560 g/mol. The van der Waals surface area contributed by atoms with E-state index in [2.05, 4.69) is 10.1 Å². The van der Waals surface area contributed by atoms with Crippen LogP contribution >= 0.6 is 11.6 Å². The summed E-state index contributed by atoms with van der Waals surface area (Å²) in [4.78, 5) is 16.8. The first kappa shape index (κ1) is 26.5. The van der Waals surface area contributed by atoms with Crippen LogP contribution in [0.3, 0.4) is 0 Å². The first-order valence-corrected chi connectivity index (χ1v) is 11.9. The molecule has 200 valence electrons.